The van der Waals surface area contributed by atoms with Gasteiger partial charge in [0.1, 0.15) is 5.54 Å². The molecule has 1 aliphatic heterocycles. The Morgan fingerprint density at radius 3 is 2.13 bits per heavy atom. The highest BCUT2D eigenvalue weighted by Gasteiger charge is 2.66. The summed E-state index contributed by atoms with van der Waals surface area (Å²) < 4.78 is 30.7. The van der Waals surface area contributed by atoms with E-state index in [4.69, 9.17) is 4.74 Å². The molecular formula is C23H26N2O5S. The molecule has 0 unspecified atom stereocenters. The number of hydrogen-bond donors (Lipinski definition) is 1. The van der Waals surface area contributed by atoms with Gasteiger partial charge < -0.3 is 15.0 Å². The van der Waals surface area contributed by atoms with Crippen molar-refractivity contribution in [2.45, 2.75) is 35.3 Å². The van der Waals surface area contributed by atoms with Gasteiger partial charge in [0, 0.05) is 32.2 Å². The first-order valence-electron chi connectivity index (χ1n) is 10.3. The van der Waals surface area contributed by atoms with Gasteiger partial charge in [-0.1, -0.05) is 36.4 Å². The molecule has 0 radical (unpaired) electrons. The molecule has 2 aromatic carbocycles. The highest BCUT2D eigenvalue weighted by Crippen LogP contribution is 2.51. The average Bonchev–Trinajstić information content (AvgIpc) is 3.57. The molecular weight excluding hydrogens is 416 g/mol. The lowest BCUT2D eigenvalue weighted by atomic mass is 9.80. The first-order valence-corrected chi connectivity index (χ1v) is 11.9. The zero-order chi connectivity index (χ0) is 22.1. The summed E-state index contributed by atoms with van der Waals surface area (Å²) in [5.41, 5.74) is -0.597. The van der Waals surface area contributed by atoms with Crippen molar-refractivity contribution < 1.29 is 22.7 Å². The minimum absolute atomic E-state index is 0.0973. The van der Waals surface area contributed by atoms with Crippen LogP contribution < -0.4 is 5.32 Å². The second-order valence-electron chi connectivity index (χ2n) is 8.23. The minimum Gasteiger partial charge on any atom is -0.376 e. The molecule has 8 heteroatoms. The normalized spacial score (nSPS) is 18.7. The molecule has 2 aliphatic rings. The van der Waals surface area contributed by atoms with Crippen molar-refractivity contribution in [3.8, 4) is 0 Å². The van der Waals surface area contributed by atoms with Crippen LogP contribution in [0.5, 0.6) is 0 Å². The van der Waals surface area contributed by atoms with Gasteiger partial charge in [-0.25, -0.2) is 8.42 Å². The van der Waals surface area contributed by atoms with Gasteiger partial charge in [0.05, 0.1) is 16.2 Å². The van der Waals surface area contributed by atoms with Gasteiger partial charge in [0.25, 0.3) is 5.91 Å². The van der Waals surface area contributed by atoms with Crippen molar-refractivity contribution in [2.75, 3.05) is 26.0 Å². The van der Waals surface area contributed by atoms with Gasteiger partial charge in [-0.3, -0.25) is 9.59 Å². The fourth-order valence-electron chi connectivity index (χ4n) is 4.26. The monoisotopic (exact) mass is 442 g/mol. The molecule has 1 saturated carbocycles. The van der Waals surface area contributed by atoms with Crippen molar-refractivity contribution in [1.29, 1.82) is 0 Å². The lowest BCUT2D eigenvalue weighted by Crippen LogP contribution is -2.77. The summed E-state index contributed by atoms with van der Waals surface area (Å²) in [6, 6.07) is 17.1. The van der Waals surface area contributed by atoms with Crippen LogP contribution in [0.2, 0.25) is 0 Å². The van der Waals surface area contributed by atoms with Crippen LogP contribution in [0.3, 0.4) is 0 Å². The van der Waals surface area contributed by atoms with Gasteiger partial charge >= 0.3 is 0 Å². The average molecular weight is 443 g/mol. The van der Waals surface area contributed by atoms with Crippen LogP contribution in [0.1, 0.15) is 29.6 Å². The zero-order valence-electron chi connectivity index (χ0n) is 17.4. The number of benzene rings is 2. The van der Waals surface area contributed by atoms with E-state index in [1.165, 1.54) is 12.1 Å². The number of rotatable bonds is 8. The third kappa shape index (κ3) is 4.09. The molecule has 0 aromatic heterocycles. The van der Waals surface area contributed by atoms with Gasteiger partial charge in [-0.05, 0) is 37.1 Å². The maximum Gasteiger partial charge on any atom is 0.251 e. The number of carbonyl (C=O) groups is 2. The Morgan fingerprint density at radius 2 is 1.58 bits per heavy atom. The molecule has 4 rings (SSSR count). The van der Waals surface area contributed by atoms with Crippen LogP contribution in [0, 0.1) is 0 Å². The predicted molar refractivity (Wildman–Crippen MR) is 115 cm³/mol. The number of hydrogen-bond acceptors (Lipinski definition) is 5. The molecule has 1 saturated heterocycles. The van der Waals surface area contributed by atoms with Crippen LogP contribution in [-0.2, 0) is 19.4 Å². The Morgan fingerprint density at radius 1 is 1.00 bits per heavy atom. The third-order valence-electron chi connectivity index (χ3n) is 6.32. The van der Waals surface area contributed by atoms with Crippen LogP contribution in [0.4, 0.5) is 0 Å². The number of methoxy groups -OCH3 is 1. The van der Waals surface area contributed by atoms with E-state index >= 15 is 0 Å². The molecule has 0 spiro atoms. The van der Waals surface area contributed by atoms with E-state index in [1.807, 2.05) is 6.07 Å². The number of amides is 2. The quantitative estimate of drug-likeness (QED) is 0.675. The summed E-state index contributed by atoms with van der Waals surface area (Å²) >= 11 is 0. The molecule has 1 heterocycles. The first-order chi connectivity index (χ1) is 14.8. The lowest BCUT2D eigenvalue weighted by molar-refractivity contribution is -0.147. The number of likely N-dealkylation sites (tertiary alicyclic amines) is 1. The number of nitrogens with one attached hydrogen (secondary N) is 1. The highest BCUT2D eigenvalue weighted by molar-refractivity contribution is 7.91. The fraction of sp³-hybridized carbons (Fsp3) is 0.391. The maximum atomic E-state index is 12.8. The third-order valence-corrected chi connectivity index (χ3v) is 8.05. The van der Waals surface area contributed by atoms with Crippen molar-refractivity contribution in [3.05, 3.63) is 66.2 Å². The number of ether oxygens (including phenoxy) is 1. The van der Waals surface area contributed by atoms with Crippen LogP contribution in [0.15, 0.2) is 65.6 Å². The summed E-state index contributed by atoms with van der Waals surface area (Å²) in [4.78, 5) is 27.3. The molecule has 7 nitrogen and oxygen atoms in total. The molecule has 2 aromatic rings. The van der Waals surface area contributed by atoms with E-state index in [-0.39, 0.29) is 28.9 Å². The minimum atomic E-state index is -3.52. The number of sulfone groups is 1. The molecule has 31 heavy (non-hydrogen) atoms. The molecule has 0 atom stereocenters. The fourth-order valence-corrected chi connectivity index (χ4v) is 5.51. The summed E-state index contributed by atoms with van der Waals surface area (Å²) in [5.74, 6) is -0.691. The topological polar surface area (TPSA) is 92.8 Å². The largest absolute Gasteiger partial charge is 0.376 e. The Bertz CT molecular complexity index is 1060. The summed E-state index contributed by atoms with van der Waals surface area (Å²) in [5, 5.41) is 3.11. The van der Waals surface area contributed by atoms with Crippen LogP contribution in [0.25, 0.3) is 0 Å². The van der Waals surface area contributed by atoms with Crippen molar-refractivity contribution >= 4 is 21.7 Å². The number of nitrogens with zero attached hydrogens (tertiary/aromatic N) is 1. The standard InChI is InChI=1S/C23H26N2O5S/c1-30-23(13-14-23)22(24-21(27)18-8-4-2-5-9-18)16-25(17-22)20(26)12-15-31(28,29)19-10-6-3-7-11-19/h2-11H,12-17H2,1H3,(H,24,27). The van der Waals surface area contributed by atoms with E-state index in [2.05, 4.69) is 5.32 Å². The Labute approximate surface area is 182 Å². The Balaban J connectivity index is 1.41. The second-order valence-corrected chi connectivity index (χ2v) is 10.3. The predicted octanol–water partition coefficient (Wildman–Crippen LogP) is 2.04. The van der Waals surface area contributed by atoms with Gasteiger partial charge in [-0.2, -0.15) is 0 Å². The highest BCUT2D eigenvalue weighted by atomic mass is 32.2. The van der Waals surface area contributed by atoms with E-state index in [9.17, 15) is 18.0 Å². The molecule has 2 amide bonds. The first kappa shape index (κ1) is 21.5. The molecule has 0 bridgehead atoms. The van der Waals surface area contributed by atoms with Crippen molar-refractivity contribution in [1.82, 2.24) is 10.2 Å². The van der Waals surface area contributed by atoms with Crippen LogP contribution in [-0.4, -0.2) is 62.2 Å². The lowest BCUT2D eigenvalue weighted by Gasteiger charge is -2.54. The molecule has 2 fully saturated rings. The number of carbonyl (C=O) groups excluding carboxylic acids is 2. The van der Waals surface area contributed by atoms with E-state index < -0.39 is 21.0 Å². The Hall–Kier alpha value is -2.71. The second kappa shape index (κ2) is 8.09. The summed E-state index contributed by atoms with van der Waals surface area (Å²) in [6.07, 6.45) is 1.52. The zero-order valence-corrected chi connectivity index (χ0v) is 18.2. The van der Waals surface area contributed by atoms with Crippen molar-refractivity contribution in [3.63, 3.8) is 0 Å². The van der Waals surface area contributed by atoms with E-state index in [0.29, 0.717) is 18.7 Å². The van der Waals surface area contributed by atoms with E-state index in [0.717, 1.165) is 12.8 Å². The molecule has 1 N–H and O–H groups in total. The summed E-state index contributed by atoms with van der Waals surface area (Å²) in [7, 11) is -1.89. The maximum absolute atomic E-state index is 12.8. The van der Waals surface area contributed by atoms with Crippen molar-refractivity contribution in [2.24, 2.45) is 0 Å². The van der Waals surface area contributed by atoms with Crippen LogP contribution >= 0.6 is 0 Å². The van der Waals surface area contributed by atoms with Gasteiger partial charge in [-0.15, -0.1) is 0 Å². The van der Waals surface area contributed by atoms with E-state index in [1.54, 1.807) is 54.5 Å². The smallest absolute Gasteiger partial charge is 0.251 e. The SMILES string of the molecule is COC1(C2(NC(=O)c3ccccc3)CN(C(=O)CCS(=O)(=O)c3ccccc3)C2)CC1. The van der Waals surface area contributed by atoms with Gasteiger partial charge in [0.15, 0.2) is 9.84 Å². The Kier molecular flexibility index (Phi) is 5.61. The molecule has 164 valence electrons. The molecule has 1 aliphatic carbocycles. The summed E-state index contributed by atoms with van der Waals surface area (Å²) in [6.45, 7) is 0.618. The van der Waals surface area contributed by atoms with Gasteiger partial charge in [0.2, 0.25) is 5.91 Å².